The van der Waals surface area contributed by atoms with E-state index >= 15 is 0 Å². The molecule has 1 aliphatic heterocycles. The number of hydrogen-bond acceptors (Lipinski definition) is 4. The Hall–Kier alpha value is -2.73. The summed E-state index contributed by atoms with van der Waals surface area (Å²) in [7, 11) is 0. The standard InChI is InChI=1S/C19H22N6/c1-16-7-5-6-8-17(16)15-23-11-13-24(14-12-23)19-20-21-22-25(19)18-9-3-2-4-10-18/h2-10H,11-15H2,1H3/p+1. The highest BCUT2D eigenvalue weighted by molar-refractivity contribution is 5.40. The second-order valence-electron chi connectivity index (χ2n) is 6.57. The maximum atomic E-state index is 4.26. The molecule has 4 rings (SSSR count). The van der Waals surface area contributed by atoms with E-state index in [1.807, 2.05) is 35.0 Å². The van der Waals surface area contributed by atoms with Crippen LogP contribution in [0.2, 0.25) is 0 Å². The van der Waals surface area contributed by atoms with Crippen LogP contribution in [0, 0.1) is 6.92 Å². The SMILES string of the molecule is Cc1ccccc1C[NH+]1CCN(c2nnnn2-c2ccccc2)CC1. The highest BCUT2D eigenvalue weighted by Gasteiger charge is 2.24. The lowest BCUT2D eigenvalue weighted by Crippen LogP contribution is -3.13. The van der Waals surface area contributed by atoms with Gasteiger partial charge in [-0.2, -0.15) is 4.68 Å². The molecule has 0 saturated carbocycles. The minimum absolute atomic E-state index is 0.834. The average molecular weight is 335 g/mol. The molecule has 0 aliphatic carbocycles. The lowest BCUT2D eigenvalue weighted by atomic mass is 10.1. The van der Waals surface area contributed by atoms with Crippen LogP contribution >= 0.6 is 0 Å². The van der Waals surface area contributed by atoms with Crippen molar-refractivity contribution in [3.8, 4) is 5.69 Å². The Labute approximate surface area is 147 Å². The van der Waals surface area contributed by atoms with Gasteiger partial charge in [0.15, 0.2) is 0 Å². The van der Waals surface area contributed by atoms with Crippen molar-refractivity contribution in [2.24, 2.45) is 0 Å². The van der Waals surface area contributed by atoms with Crippen molar-refractivity contribution in [3.63, 3.8) is 0 Å². The van der Waals surface area contributed by atoms with Gasteiger partial charge in [-0.1, -0.05) is 47.6 Å². The summed E-state index contributed by atoms with van der Waals surface area (Å²) < 4.78 is 1.83. The van der Waals surface area contributed by atoms with E-state index < -0.39 is 0 Å². The number of aryl methyl sites for hydroxylation is 1. The fourth-order valence-corrected chi connectivity index (χ4v) is 3.39. The molecule has 0 unspecified atom stereocenters. The molecule has 1 aromatic heterocycles. The minimum atomic E-state index is 0.834. The zero-order valence-electron chi connectivity index (χ0n) is 14.5. The average Bonchev–Trinajstić information content (AvgIpc) is 3.15. The van der Waals surface area contributed by atoms with E-state index in [0.29, 0.717) is 0 Å². The summed E-state index contributed by atoms with van der Waals surface area (Å²) in [6.45, 7) is 7.40. The van der Waals surface area contributed by atoms with Crippen LogP contribution in [-0.4, -0.2) is 46.4 Å². The van der Waals surface area contributed by atoms with Gasteiger partial charge in [-0.3, -0.25) is 0 Å². The summed E-state index contributed by atoms with van der Waals surface area (Å²) in [6, 6.07) is 18.7. The third kappa shape index (κ3) is 3.39. The van der Waals surface area contributed by atoms with Gasteiger partial charge in [0.05, 0.1) is 31.9 Å². The molecule has 0 bridgehead atoms. The van der Waals surface area contributed by atoms with Crippen LogP contribution in [0.1, 0.15) is 11.1 Å². The molecule has 128 valence electrons. The molecule has 6 nitrogen and oxygen atoms in total. The van der Waals surface area contributed by atoms with Crippen molar-refractivity contribution >= 4 is 5.95 Å². The topological polar surface area (TPSA) is 51.3 Å². The van der Waals surface area contributed by atoms with Crippen LogP contribution < -0.4 is 9.80 Å². The smallest absolute Gasteiger partial charge is 0.250 e. The Morgan fingerprint density at radius 2 is 1.68 bits per heavy atom. The summed E-state index contributed by atoms with van der Waals surface area (Å²) in [5.41, 5.74) is 3.82. The second-order valence-corrected chi connectivity index (χ2v) is 6.57. The van der Waals surface area contributed by atoms with E-state index in [1.54, 1.807) is 4.90 Å². The van der Waals surface area contributed by atoms with Crippen molar-refractivity contribution < 1.29 is 4.90 Å². The zero-order chi connectivity index (χ0) is 17.1. The highest BCUT2D eigenvalue weighted by atomic mass is 15.6. The lowest BCUT2D eigenvalue weighted by molar-refractivity contribution is -0.914. The molecule has 2 aromatic carbocycles. The van der Waals surface area contributed by atoms with Crippen LogP contribution in [0.15, 0.2) is 54.6 Å². The van der Waals surface area contributed by atoms with Gasteiger partial charge in [0.1, 0.15) is 6.54 Å². The predicted molar refractivity (Wildman–Crippen MR) is 96.9 cm³/mol. The summed E-state index contributed by atoms with van der Waals surface area (Å²) in [6.07, 6.45) is 0. The molecule has 1 N–H and O–H groups in total. The summed E-state index contributed by atoms with van der Waals surface area (Å²) in [5, 5.41) is 12.3. The molecule has 0 atom stereocenters. The zero-order valence-corrected chi connectivity index (χ0v) is 14.5. The number of tetrazole rings is 1. The first kappa shape index (κ1) is 15.8. The third-order valence-electron chi connectivity index (χ3n) is 4.91. The van der Waals surface area contributed by atoms with Crippen LogP contribution in [0.4, 0.5) is 5.95 Å². The van der Waals surface area contributed by atoms with E-state index in [1.165, 1.54) is 11.1 Å². The number of aromatic nitrogens is 4. The molecule has 1 saturated heterocycles. The van der Waals surface area contributed by atoms with Crippen LogP contribution in [0.3, 0.4) is 0 Å². The summed E-state index contributed by atoms with van der Waals surface area (Å²) >= 11 is 0. The summed E-state index contributed by atoms with van der Waals surface area (Å²) in [5.74, 6) is 0.834. The van der Waals surface area contributed by atoms with Gasteiger partial charge in [-0.05, 0) is 35.0 Å². The van der Waals surface area contributed by atoms with Gasteiger partial charge in [-0.15, -0.1) is 0 Å². The molecule has 0 spiro atoms. The molecular weight excluding hydrogens is 312 g/mol. The Morgan fingerprint density at radius 3 is 2.44 bits per heavy atom. The first-order valence-corrected chi connectivity index (χ1v) is 8.78. The van der Waals surface area contributed by atoms with E-state index in [-0.39, 0.29) is 0 Å². The molecule has 0 radical (unpaired) electrons. The number of nitrogens with zero attached hydrogens (tertiary/aromatic N) is 5. The number of anilines is 1. The largest absolute Gasteiger partial charge is 0.328 e. The van der Waals surface area contributed by atoms with Crippen LogP contribution in [-0.2, 0) is 6.54 Å². The van der Waals surface area contributed by atoms with Crippen molar-refractivity contribution in [2.45, 2.75) is 13.5 Å². The Morgan fingerprint density at radius 1 is 0.960 bits per heavy atom. The molecule has 1 fully saturated rings. The minimum Gasteiger partial charge on any atom is -0.328 e. The number of nitrogens with one attached hydrogen (secondary N) is 1. The number of piperazine rings is 1. The number of benzene rings is 2. The number of hydrogen-bond donors (Lipinski definition) is 1. The lowest BCUT2D eigenvalue weighted by Gasteiger charge is -2.32. The fourth-order valence-electron chi connectivity index (χ4n) is 3.39. The maximum absolute atomic E-state index is 4.26. The summed E-state index contributed by atoms with van der Waals surface area (Å²) in [4.78, 5) is 3.90. The van der Waals surface area contributed by atoms with E-state index in [2.05, 4.69) is 51.6 Å². The Bertz CT molecular complexity index is 821. The van der Waals surface area contributed by atoms with E-state index in [0.717, 1.165) is 44.4 Å². The van der Waals surface area contributed by atoms with E-state index in [9.17, 15) is 0 Å². The number of para-hydroxylation sites is 1. The van der Waals surface area contributed by atoms with Gasteiger partial charge in [0.25, 0.3) is 5.95 Å². The monoisotopic (exact) mass is 335 g/mol. The van der Waals surface area contributed by atoms with Gasteiger partial charge in [0, 0.05) is 5.56 Å². The van der Waals surface area contributed by atoms with Crippen molar-refractivity contribution in [1.82, 2.24) is 20.2 Å². The van der Waals surface area contributed by atoms with Crippen molar-refractivity contribution in [1.29, 1.82) is 0 Å². The number of quaternary nitrogens is 1. The molecule has 2 heterocycles. The van der Waals surface area contributed by atoms with Crippen LogP contribution in [0.25, 0.3) is 5.69 Å². The quantitative estimate of drug-likeness (QED) is 0.769. The van der Waals surface area contributed by atoms with Crippen LogP contribution in [0.5, 0.6) is 0 Å². The Balaban J connectivity index is 1.43. The molecule has 1 aliphatic rings. The van der Waals surface area contributed by atoms with Gasteiger partial charge in [0.2, 0.25) is 0 Å². The predicted octanol–water partition coefficient (Wildman–Crippen LogP) is 0.876. The van der Waals surface area contributed by atoms with Crippen molar-refractivity contribution in [2.75, 3.05) is 31.1 Å². The fraction of sp³-hybridized carbons (Fsp3) is 0.316. The maximum Gasteiger partial charge on any atom is 0.250 e. The van der Waals surface area contributed by atoms with Gasteiger partial charge in [-0.25, -0.2) is 0 Å². The first-order valence-electron chi connectivity index (χ1n) is 8.78. The normalized spacial score (nSPS) is 15.5. The highest BCUT2D eigenvalue weighted by Crippen LogP contribution is 2.15. The van der Waals surface area contributed by atoms with E-state index in [4.69, 9.17) is 0 Å². The third-order valence-corrected chi connectivity index (χ3v) is 4.91. The van der Waals surface area contributed by atoms with Gasteiger partial charge < -0.3 is 9.80 Å². The Kier molecular flexibility index (Phi) is 4.43. The number of rotatable bonds is 4. The molecule has 3 aromatic rings. The first-order chi connectivity index (χ1) is 12.3. The molecule has 25 heavy (non-hydrogen) atoms. The molecular formula is C19H23N6+. The van der Waals surface area contributed by atoms with Gasteiger partial charge >= 0.3 is 0 Å². The van der Waals surface area contributed by atoms with Crippen molar-refractivity contribution in [3.05, 3.63) is 65.7 Å². The molecule has 0 amide bonds. The molecule has 6 heteroatoms. The second kappa shape index (κ2) is 7.03.